The van der Waals surface area contributed by atoms with Crippen LogP contribution in [0.15, 0.2) is 24.3 Å². The normalized spacial score (nSPS) is 11.6. The van der Waals surface area contributed by atoms with E-state index in [1.54, 1.807) is 0 Å². The van der Waals surface area contributed by atoms with Gasteiger partial charge in [-0.2, -0.15) is 0 Å². The second kappa shape index (κ2) is 8.21. The van der Waals surface area contributed by atoms with E-state index in [1.807, 2.05) is 0 Å². The number of aliphatic hydroxyl groups is 1. The Morgan fingerprint density at radius 2 is 1.74 bits per heavy atom. The van der Waals surface area contributed by atoms with Gasteiger partial charge in [0, 0.05) is 12.2 Å². The summed E-state index contributed by atoms with van der Waals surface area (Å²) < 4.78 is 0. The van der Waals surface area contributed by atoms with Gasteiger partial charge in [0.15, 0.2) is 0 Å². The lowest BCUT2D eigenvalue weighted by Gasteiger charge is -2.28. The molecule has 0 aromatic heterocycles. The van der Waals surface area contributed by atoms with Crippen molar-refractivity contribution in [1.29, 1.82) is 0 Å². The Bertz CT molecular complexity index is 356. The third-order valence-electron chi connectivity index (χ3n) is 3.52. The van der Waals surface area contributed by atoms with Crippen molar-refractivity contribution in [2.75, 3.05) is 11.9 Å². The second-order valence-electron chi connectivity index (χ2n) is 5.53. The maximum atomic E-state index is 10.6. The summed E-state index contributed by atoms with van der Waals surface area (Å²) in [6, 6.07) is 8.53. The van der Waals surface area contributed by atoms with Crippen LogP contribution in [-0.2, 0) is 6.42 Å². The minimum Gasteiger partial charge on any atom is -0.388 e. The van der Waals surface area contributed by atoms with Crippen LogP contribution >= 0.6 is 0 Å². The number of anilines is 1. The van der Waals surface area contributed by atoms with E-state index in [-0.39, 0.29) is 0 Å². The predicted molar refractivity (Wildman–Crippen MR) is 83.7 cm³/mol. The van der Waals surface area contributed by atoms with Crippen molar-refractivity contribution in [1.82, 2.24) is 0 Å². The molecule has 0 amide bonds. The fourth-order valence-electron chi connectivity index (χ4n) is 2.62. The van der Waals surface area contributed by atoms with Crippen LogP contribution in [-0.4, -0.2) is 17.3 Å². The van der Waals surface area contributed by atoms with Gasteiger partial charge in [0.1, 0.15) is 0 Å². The van der Waals surface area contributed by atoms with E-state index in [2.05, 4.69) is 50.4 Å². The molecule has 0 fully saturated rings. The quantitative estimate of drug-likeness (QED) is 0.693. The van der Waals surface area contributed by atoms with Crippen LogP contribution in [0.5, 0.6) is 0 Å². The molecule has 108 valence electrons. The largest absolute Gasteiger partial charge is 0.388 e. The number of rotatable bonds is 9. The van der Waals surface area contributed by atoms with Gasteiger partial charge < -0.3 is 10.4 Å². The Labute approximate surface area is 118 Å². The predicted octanol–water partition coefficient (Wildman–Crippen LogP) is 4.38. The zero-order valence-electron chi connectivity index (χ0n) is 12.7. The van der Waals surface area contributed by atoms with Gasteiger partial charge in [-0.1, -0.05) is 52.2 Å². The SMILES string of the molecule is CCCc1cccc(NCC(O)(CCC)CCC)c1. The molecule has 19 heavy (non-hydrogen) atoms. The average molecular weight is 263 g/mol. The molecule has 0 heterocycles. The first kappa shape index (κ1) is 16.0. The lowest BCUT2D eigenvalue weighted by atomic mass is 9.92. The first-order valence-electron chi connectivity index (χ1n) is 7.68. The van der Waals surface area contributed by atoms with Gasteiger partial charge in [-0.25, -0.2) is 0 Å². The molecule has 2 heteroatoms. The number of benzene rings is 1. The lowest BCUT2D eigenvalue weighted by Crippen LogP contribution is -2.36. The summed E-state index contributed by atoms with van der Waals surface area (Å²) in [5.41, 5.74) is 1.92. The van der Waals surface area contributed by atoms with E-state index in [1.165, 1.54) is 12.0 Å². The van der Waals surface area contributed by atoms with Gasteiger partial charge in [0.25, 0.3) is 0 Å². The minimum atomic E-state index is -0.565. The zero-order valence-corrected chi connectivity index (χ0v) is 12.7. The molecule has 0 aliphatic rings. The highest BCUT2D eigenvalue weighted by molar-refractivity contribution is 5.46. The molecule has 0 aliphatic carbocycles. The number of nitrogens with one attached hydrogen (secondary N) is 1. The van der Waals surface area contributed by atoms with Crippen LogP contribution in [0.1, 0.15) is 58.4 Å². The standard InChI is InChI=1S/C17H29NO/c1-4-8-15-9-7-10-16(13-15)18-14-17(19,11-5-2)12-6-3/h7,9-10,13,18-19H,4-6,8,11-12,14H2,1-3H3. The molecule has 0 saturated carbocycles. The Hall–Kier alpha value is -1.02. The summed E-state index contributed by atoms with van der Waals surface area (Å²) in [6.45, 7) is 7.09. The van der Waals surface area contributed by atoms with Gasteiger partial charge in [0.2, 0.25) is 0 Å². The van der Waals surface area contributed by atoms with E-state index in [0.717, 1.165) is 37.8 Å². The van der Waals surface area contributed by atoms with Crippen molar-refractivity contribution in [3.63, 3.8) is 0 Å². The second-order valence-corrected chi connectivity index (χ2v) is 5.53. The van der Waals surface area contributed by atoms with Crippen molar-refractivity contribution in [3.8, 4) is 0 Å². The van der Waals surface area contributed by atoms with Crippen LogP contribution in [0.25, 0.3) is 0 Å². The fourth-order valence-corrected chi connectivity index (χ4v) is 2.62. The summed E-state index contributed by atoms with van der Waals surface area (Å²) >= 11 is 0. The number of aryl methyl sites for hydroxylation is 1. The van der Waals surface area contributed by atoms with Crippen LogP contribution in [0, 0.1) is 0 Å². The van der Waals surface area contributed by atoms with E-state index in [9.17, 15) is 5.11 Å². The molecule has 0 saturated heterocycles. The lowest BCUT2D eigenvalue weighted by molar-refractivity contribution is 0.0344. The summed E-state index contributed by atoms with van der Waals surface area (Å²) in [6.07, 6.45) is 6.05. The highest BCUT2D eigenvalue weighted by Gasteiger charge is 2.24. The zero-order chi connectivity index (χ0) is 14.1. The van der Waals surface area contributed by atoms with Crippen molar-refractivity contribution in [2.24, 2.45) is 0 Å². The summed E-state index contributed by atoms with van der Waals surface area (Å²) in [5.74, 6) is 0. The molecule has 1 aromatic rings. The highest BCUT2D eigenvalue weighted by Crippen LogP contribution is 2.21. The topological polar surface area (TPSA) is 32.3 Å². The van der Waals surface area contributed by atoms with Crippen molar-refractivity contribution in [2.45, 2.75) is 64.9 Å². The van der Waals surface area contributed by atoms with Gasteiger partial charge in [-0.15, -0.1) is 0 Å². The van der Waals surface area contributed by atoms with Gasteiger partial charge in [0.05, 0.1) is 5.60 Å². The maximum Gasteiger partial charge on any atom is 0.0819 e. The first-order chi connectivity index (χ1) is 9.13. The van der Waals surface area contributed by atoms with Crippen LogP contribution in [0.3, 0.4) is 0 Å². The number of hydrogen-bond acceptors (Lipinski definition) is 2. The van der Waals surface area contributed by atoms with E-state index >= 15 is 0 Å². The Morgan fingerprint density at radius 1 is 1.05 bits per heavy atom. The van der Waals surface area contributed by atoms with E-state index < -0.39 is 5.60 Å². The van der Waals surface area contributed by atoms with Crippen LogP contribution in [0.4, 0.5) is 5.69 Å². The van der Waals surface area contributed by atoms with Crippen LogP contribution in [0.2, 0.25) is 0 Å². The average Bonchev–Trinajstić information content (AvgIpc) is 2.38. The molecule has 0 spiro atoms. The molecule has 2 N–H and O–H groups in total. The Balaban J connectivity index is 2.60. The smallest absolute Gasteiger partial charge is 0.0819 e. The molecular formula is C17H29NO. The van der Waals surface area contributed by atoms with Crippen molar-refractivity contribution >= 4 is 5.69 Å². The van der Waals surface area contributed by atoms with Gasteiger partial charge in [-0.05, 0) is 37.0 Å². The molecular weight excluding hydrogens is 234 g/mol. The summed E-state index contributed by atoms with van der Waals surface area (Å²) in [5, 5.41) is 14.0. The van der Waals surface area contributed by atoms with E-state index in [4.69, 9.17) is 0 Å². The summed E-state index contributed by atoms with van der Waals surface area (Å²) in [7, 11) is 0. The fraction of sp³-hybridized carbons (Fsp3) is 0.647. The van der Waals surface area contributed by atoms with Gasteiger partial charge in [-0.3, -0.25) is 0 Å². The molecule has 0 radical (unpaired) electrons. The molecule has 1 aromatic carbocycles. The Morgan fingerprint density at radius 3 is 2.32 bits per heavy atom. The third-order valence-corrected chi connectivity index (χ3v) is 3.52. The molecule has 1 rings (SSSR count). The molecule has 0 atom stereocenters. The number of hydrogen-bond donors (Lipinski definition) is 2. The van der Waals surface area contributed by atoms with Crippen molar-refractivity contribution < 1.29 is 5.11 Å². The van der Waals surface area contributed by atoms with E-state index in [0.29, 0.717) is 6.54 Å². The van der Waals surface area contributed by atoms with Gasteiger partial charge >= 0.3 is 0 Å². The molecule has 2 nitrogen and oxygen atoms in total. The first-order valence-corrected chi connectivity index (χ1v) is 7.68. The molecule has 0 aliphatic heterocycles. The van der Waals surface area contributed by atoms with Crippen LogP contribution < -0.4 is 5.32 Å². The maximum absolute atomic E-state index is 10.6. The minimum absolute atomic E-state index is 0.565. The van der Waals surface area contributed by atoms with Crippen molar-refractivity contribution in [3.05, 3.63) is 29.8 Å². The molecule has 0 unspecified atom stereocenters. The monoisotopic (exact) mass is 263 g/mol. The summed E-state index contributed by atoms with van der Waals surface area (Å²) in [4.78, 5) is 0. The highest BCUT2D eigenvalue weighted by atomic mass is 16.3. The third kappa shape index (κ3) is 5.65. The Kier molecular flexibility index (Phi) is 6.93. The molecule has 0 bridgehead atoms.